The van der Waals surface area contributed by atoms with Crippen LogP contribution in [0.2, 0.25) is 0 Å². The fraction of sp³-hybridized carbons (Fsp3) is 0.318. The number of hydrogen-bond acceptors (Lipinski definition) is 5. The van der Waals surface area contributed by atoms with Gasteiger partial charge in [-0.3, -0.25) is 9.59 Å². The van der Waals surface area contributed by atoms with Crippen molar-refractivity contribution < 1.29 is 9.53 Å². The first-order valence-electron chi connectivity index (χ1n) is 9.50. The van der Waals surface area contributed by atoms with Gasteiger partial charge >= 0.3 is 0 Å². The first-order chi connectivity index (χ1) is 14.0. The molecule has 6 nitrogen and oxygen atoms in total. The van der Waals surface area contributed by atoms with Crippen molar-refractivity contribution in [3.05, 3.63) is 69.8 Å². The Morgan fingerprint density at radius 3 is 2.55 bits per heavy atom. The second kappa shape index (κ2) is 9.52. The molecule has 0 aliphatic carbocycles. The summed E-state index contributed by atoms with van der Waals surface area (Å²) in [7, 11) is 1.61. The van der Waals surface area contributed by atoms with Crippen LogP contribution >= 0.6 is 11.3 Å². The number of nitrogens with one attached hydrogen (secondary N) is 1. The Balaban J connectivity index is 1.70. The summed E-state index contributed by atoms with van der Waals surface area (Å²) in [5.41, 5.74) is 1.48. The van der Waals surface area contributed by atoms with Crippen LogP contribution in [-0.2, 0) is 17.8 Å². The standard InChI is InChI=1S/C22H25N3O3S/c1-15(2)19(23-21(26)13-16-6-8-17(28-3)9-7-16)14-25-22(27)11-10-18(24-25)20-5-4-12-29-20/h4-12,15,19H,13-14H2,1-3H3,(H,23,26)/t19-/m1/s1. The van der Waals surface area contributed by atoms with Gasteiger partial charge < -0.3 is 10.1 Å². The molecule has 3 aromatic rings. The predicted molar refractivity (Wildman–Crippen MR) is 115 cm³/mol. The van der Waals surface area contributed by atoms with Crippen molar-refractivity contribution >= 4 is 17.2 Å². The molecule has 2 heterocycles. The van der Waals surface area contributed by atoms with Gasteiger partial charge in [0.25, 0.3) is 5.56 Å². The number of aromatic nitrogens is 2. The Kier molecular flexibility index (Phi) is 6.82. The molecule has 0 aliphatic heterocycles. The molecule has 1 amide bonds. The van der Waals surface area contributed by atoms with E-state index in [1.807, 2.05) is 55.6 Å². The molecule has 1 atom stereocenters. The van der Waals surface area contributed by atoms with Crippen molar-refractivity contribution in [2.24, 2.45) is 5.92 Å². The average molecular weight is 412 g/mol. The number of ether oxygens (including phenoxy) is 1. The molecule has 3 rings (SSSR count). The molecule has 0 radical (unpaired) electrons. The van der Waals surface area contributed by atoms with Crippen LogP contribution < -0.4 is 15.6 Å². The molecule has 0 aliphatic rings. The molecular formula is C22H25N3O3S. The second-order valence-electron chi connectivity index (χ2n) is 7.16. The van der Waals surface area contributed by atoms with Gasteiger partial charge in [-0.05, 0) is 41.1 Å². The minimum atomic E-state index is -0.204. The van der Waals surface area contributed by atoms with Crippen molar-refractivity contribution in [2.45, 2.75) is 32.9 Å². The molecule has 0 unspecified atom stereocenters. The number of rotatable bonds is 8. The number of amides is 1. The van der Waals surface area contributed by atoms with E-state index in [9.17, 15) is 9.59 Å². The summed E-state index contributed by atoms with van der Waals surface area (Å²) in [6, 6.07) is 14.4. The first-order valence-corrected chi connectivity index (χ1v) is 10.4. The van der Waals surface area contributed by atoms with Gasteiger partial charge in [0.2, 0.25) is 5.91 Å². The third kappa shape index (κ3) is 5.54. The molecule has 2 aromatic heterocycles. The minimum absolute atomic E-state index is 0.0867. The molecule has 0 saturated heterocycles. The number of benzene rings is 1. The molecule has 7 heteroatoms. The van der Waals surface area contributed by atoms with Crippen LogP contribution in [0.25, 0.3) is 10.6 Å². The van der Waals surface area contributed by atoms with E-state index in [-0.39, 0.29) is 29.8 Å². The van der Waals surface area contributed by atoms with Gasteiger partial charge in [0.1, 0.15) is 11.4 Å². The predicted octanol–water partition coefficient (Wildman–Crippen LogP) is 3.36. The van der Waals surface area contributed by atoms with Crippen molar-refractivity contribution in [1.82, 2.24) is 15.1 Å². The van der Waals surface area contributed by atoms with Crippen molar-refractivity contribution in [1.29, 1.82) is 0 Å². The average Bonchev–Trinajstić information content (AvgIpc) is 3.24. The summed E-state index contributed by atoms with van der Waals surface area (Å²) < 4.78 is 6.58. The summed E-state index contributed by atoms with van der Waals surface area (Å²) in [6.45, 7) is 4.36. The zero-order chi connectivity index (χ0) is 20.8. The largest absolute Gasteiger partial charge is 0.497 e. The van der Waals surface area contributed by atoms with E-state index in [4.69, 9.17) is 4.74 Å². The summed E-state index contributed by atoms with van der Waals surface area (Å²) in [4.78, 5) is 25.9. The Morgan fingerprint density at radius 1 is 1.17 bits per heavy atom. The van der Waals surface area contributed by atoms with Gasteiger partial charge in [0.05, 0.1) is 31.0 Å². The van der Waals surface area contributed by atoms with Crippen LogP contribution in [0.1, 0.15) is 19.4 Å². The van der Waals surface area contributed by atoms with Crippen molar-refractivity contribution in [3.63, 3.8) is 0 Å². The van der Waals surface area contributed by atoms with Crippen LogP contribution in [-0.4, -0.2) is 28.8 Å². The van der Waals surface area contributed by atoms with E-state index in [1.165, 1.54) is 10.7 Å². The van der Waals surface area contributed by atoms with Crippen molar-refractivity contribution in [3.8, 4) is 16.3 Å². The fourth-order valence-corrected chi connectivity index (χ4v) is 3.62. The molecule has 0 spiro atoms. The van der Waals surface area contributed by atoms with Crippen LogP contribution in [0.4, 0.5) is 0 Å². The maximum atomic E-state index is 12.6. The number of carbonyl (C=O) groups excluding carboxylic acids is 1. The highest BCUT2D eigenvalue weighted by Crippen LogP contribution is 2.21. The Labute approximate surface area is 174 Å². The van der Waals surface area contributed by atoms with E-state index < -0.39 is 0 Å². The summed E-state index contributed by atoms with van der Waals surface area (Å²) in [5, 5.41) is 9.53. The molecule has 0 saturated carbocycles. The normalized spacial score (nSPS) is 12.0. The van der Waals surface area contributed by atoms with Gasteiger partial charge in [-0.2, -0.15) is 5.10 Å². The maximum Gasteiger partial charge on any atom is 0.266 e. The number of nitrogens with zero attached hydrogens (tertiary/aromatic N) is 2. The lowest BCUT2D eigenvalue weighted by molar-refractivity contribution is -0.121. The second-order valence-corrected chi connectivity index (χ2v) is 8.11. The number of methoxy groups -OCH3 is 1. The first kappa shape index (κ1) is 20.8. The van der Waals surface area contributed by atoms with Crippen LogP contribution in [0.5, 0.6) is 5.75 Å². The highest BCUT2D eigenvalue weighted by molar-refractivity contribution is 7.13. The molecule has 152 valence electrons. The number of carbonyl (C=O) groups is 1. The van der Waals surface area contributed by atoms with Gasteiger partial charge in [-0.15, -0.1) is 11.3 Å². The van der Waals surface area contributed by atoms with E-state index in [0.29, 0.717) is 6.54 Å². The van der Waals surface area contributed by atoms with Crippen molar-refractivity contribution in [2.75, 3.05) is 7.11 Å². The third-order valence-electron chi connectivity index (χ3n) is 4.68. The topological polar surface area (TPSA) is 73.2 Å². The molecular weight excluding hydrogens is 386 g/mol. The molecule has 29 heavy (non-hydrogen) atoms. The molecule has 0 bridgehead atoms. The highest BCUT2D eigenvalue weighted by atomic mass is 32.1. The Bertz CT molecular complexity index is 995. The van der Waals surface area contributed by atoms with E-state index in [2.05, 4.69) is 10.4 Å². The summed E-state index contributed by atoms with van der Waals surface area (Å²) >= 11 is 1.57. The number of thiophene rings is 1. The lowest BCUT2D eigenvalue weighted by Gasteiger charge is -2.23. The number of hydrogen-bond donors (Lipinski definition) is 1. The monoisotopic (exact) mass is 411 g/mol. The van der Waals surface area contributed by atoms with Gasteiger partial charge in [0.15, 0.2) is 0 Å². The zero-order valence-corrected chi connectivity index (χ0v) is 17.6. The fourth-order valence-electron chi connectivity index (χ4n) is 2.93. The third-order valence-corrected chi connectivity index (χ3v) is 5.58. The van der Waals surface area contributed by atoms with Crippen LogP contribution in [0.3, 0.4) is 0 Å². The SMILES string of the molecule is COc1ccc(CC(=O)N[C@H](Cn2nc(-c3cccs3)ccc2=O)C(C)C)cc1. The highest BCUT2D eigenvalue weighted by Gasteiger charge is 2.19. The quantitative estimate of drug-likeness (QED) is 0.617. The van der Waals surface area contributed by atoms with Gasteiger partial charge in [-0.25, -0.2) is 4.68 Å². The minimum Gasteiger partial charge on any atom is -0.497 e. The summed E-state index contributed by atoms with van der Waals surface area (Å²) in [6.07, 6.45) is 0.269. The van der Waals surface area contributed by atoms with E-state index in [1.54, 1.807) is 24.5 Å². The van der Waals surface area contributed by atoms with E-state index in [0.717, 1.165) is 21.9 Å². The molecule has 1 aromatic carbocycles. The van der Waals surface area contributed by atoms with E-state index >= 15 is 0 Å². The smallest absolute Gasteiger partial charge is 0.266 e. The lowest BCUT2D eigenvalue weighted by Crippen LogP contribution is -2.44. The maximum absolute atomic E-state index is 12.6. The van der Waals surface area contributed by atoms with Crippen LogP contribution in [0, 0.1) is 5.92 Å². The van der Waals surface area contributed by atoms with Crippen LogP contribution in [0.15, 0.2) is 58.7 Å². The van der Waals surface area contributed by atoms with Gasteiger partial charge in [0, 0.05) is 6.07 Å². The molecule has 0 fully saturated rings. The lowest BCUT2D eigenvalue weighted by atomic mass is 10.0. The Morgan fingerprint density at radius 2 is 1.93 bits per heavy atom. The molecule has 1 N–H and O–H groups in total. The zero-order valence-electron chi connectivity index (χ0n) is 16.8. The van der Waals surface area contributed by atoms with Gasteiger partial charge in [-0.1, -0.05) is 32.0 Å². The summed E-state index contributed by atoms with van der Waals surface area (Å²) in [5.74, 6) is 0.815. The Hall–Kier alpha value is -2.93.